The SMILES string of the molecule is CC(=O)N[C@@H](CSc1nccc2c(Br)cccc12)C(=O)O. The van der Waals surface area contributed by atoms with Crippen molar-refractivity contribution in [2.24, 2.45) is 0 Å². The number of nitrogens with one attached hydrogen (secondary N) is 1. The van der Waals surface area contributed by atoms with Gasteiger partial charge in [-0.3, -0.25) is 4.79 Å². The summed E-state index contributed by atoms with van der Waals surface area (Å²) >= 11 is 4.79. The summed E-state index contributed by atoms with van der Waals surface area (Å²) < 4.78 is 0.959. The van der Waals surface area contributed by atoms with Gasteiger partial charge in [-0.2, -0.15) is 0 Å². The number of rotatable bonds is 5. The number of aliphatic carboxylic acids is 1. The lowest BCUT2D eigenvalue weighted by Gasteiger charge is -2.13. The van der Waals surface area contributed by atoms with Crippen LogP contribution in [0.1, 0.15) is 6.92 Å². The molecule has 0 unspecified atom stereocenters. The maximum absolute atomic E-state index is 11.1. The van der Waals surface area contributed by atoms with Crippen LogP contribution in [0.5, 0.6) is 0 Å². The van der Waals surface area contributed by atoms with Gasteiger partial charge in [-0.1, -0.05) is 28.1 Å². The van der Waals surface area contributed by atoms with Gasteiger partial charge in [-0.25, -0.2) is 9.78 Å². The van der Waals surface area contributed by atoms with E-state index in [9.17, 15) is 9.59 Å². The van der Waals surface area contributed by atoms with Gasteiger partial charge in [0.2, 0.25) is 5.91 Å². The summed E-state index contributed by atoms with van der Waals surface area (Å²) in [6, 6.07) is 6.74. The highest BCUT2D eigenvalue weighted by molar-refractivity contribution is 9.10. The molecule has 0 aliphatic rings. The van der Waals surface area contributed by atoms with E-state index in [1.54, 1.807) is 6.20 Å². The van der Waals surface area contributed by atoms with Crippen LogP contribution in [-0.2, 0) is 9.59 Å². The molecule has 1 heterocycles. The first kappa shape index (κ1) is 15.8. The minimum atomic E-state index is -1.06. The number of halogens is 1. The molecule has 0 bridgehead atoms. The van der Waals surface area contributed by atoms with Crippen LogP contribution in [0.3, 0.4) is 0 Å². The highest BCUT2D eigenvalue weighted by atomic mass is 79.9. The van der Waals surface area contributed by atoms with Gasteiger partial charge in [0.1, 0.15) is 11.1 Å². The second kappa shape index (κ2) is 6.91. The lowest BCUT2D eigenvalue weighted by atomic mass is 10.2. The standard InChI is InChI=1S/C14H13BrN2O3S/c1-8(18)17-12(14(19)20)7-21-13-10-3-2-4-11(15)9(10)5-6-16-13/h2-6,12H,7H2,1H3,(H,17,18)(H,19,20)/t12-/m0/s1. The average molecular weight is 369 g/mol. The molecule has 2 rings (SSSR count). The third-order valence-electron chi connectivity index (χ3n) is 2.78. The van der Waals surface area contributed by atoms with Gasteiger partial charge in [-0.05, 0) is 12.1 Å². The fourth-order valence-electron chi connectivity index (χ4n) is 1.84. The lowest BCUT2D eigenvalue weighted by molar-refractivity contribution is -0.140. The number of carbonyl (C=O) groups excluding carboxylic acids is 1. The molecule has 0 spiro atoms. The highest BCUT2D eigenvalue weighted by Crippen LogP contribution is 2.30. The lowest BCUT2D eigenvalue weighted by Crippen LogP contribution is -2.41. The summed E-state index contributed by atoms with van der Waals surface area (Å²) in [6.45, 7) is 1.30. The minimum Gasteiger partial charge on any atom is -0.480 e. The van der Waals surface area contributed by atoms with Gasteiger partial charge in [0, 0.05) is 34.1 Å². The summed E-state index contributed by atoms with van der Waals surface area (Å²) in [5.41, 5.74) is 0. The number of carbonyl (C=O) groups is 2. The number of nitrogens with zero attached hydrogens (tertiary/aromatic N) is 1. The number of amides is 1. The fraction of sp³-hybridized carbons (Fsp3) is 0.214. The number of carboxylic acid groups (broad SMARTS) is 1. The smallest absolute Gasteiger partial charge is 0.327 e. The predicted octanol–water partition coefficient (Wildman–Crippen LogP) is 2.68. The molecule has 0 saturated heterocycles. The molecule has 21 heavy (non-hydrogen) atoms. The second-order valence-corrected chi connectivity index (χ2v) is 6.22. The predicted molar refractivity (Wildman–Crippen MR) is 85.4 cm³/mol. The molecule has 1 atom stereocenters. The van der Waals surface area contributed by atoms with E-state index >= 15 is 0 Å². The molecule has 110 valence electrons. The van der Waals surface area contributed by atoms with Crippen LogP contribution in [-0.4, -0.2) is 33.8 Å². The Kier molecular flexibility index (Phi) is 5.19. The van der Waals surface area contributed by atoms with Crippen LogP contribution < -0.4 is 5.32 Å². The minimum absolute atomic E-state index is 0.216. The van der Waals surface area contributed by atoms with Crippen molar-refractivity contribution < 1.29 is 14.7 Å². The average Bonchev–Trinajstić information content (AvgIpc) is 2.43. The molecular formula is C14H13BrN2O3S. The van der Waals surface area contributed by atoms with Crippen molar-refractivity contribution in [2.45, 2.75) is 18.0 Å². The Labute approximate surface area is 134 Å². The van der Waals surface area contributed by atoms with Crippen molar-refractivity contribution in [1.29, 1.82) is 0 Å². The number of hydrogen-bond acceptors (Lipinski definition) is 4. The van der Waals surface area contributed by atoms with E-state index in [0.29, 0.717) is 0 Å². The largest absolute Gasteiger partial charge is 0.480 e. The molecule has 0 radical (unpaired) electrons. The van der Waals surface area contributed by atoms with Crippen molar-refractivity contribution in [3.8, 4) is 0 Å². The zero-order chi connectivity index (χ0) is 15.4. The third kappa shape index (κ3) is 3.95. The highest BCUT2D eigenvalue weighted by Gasteiger charge is 2.19. The topological polar surface area (TPSA) is 79.3 Å². The van der Waals surface area contributed by atoms with E-state index in [1.165, 1.54) is 18.7 Å². The van der Waals surface area contributed by atoms with Crippen LogP contribution in [0, 0.1) is 0 Å². The second-order valence-electron chi connectivity index (χ2n) is 4.35. The Hall–Kier alpha value is -1.60. The van der Waals surface area contributed by atoms with Crippen LogP contribution in [0.2, 0.25) is 0 Å². The number of pyridine rings is 1. The Bertz CT molecular complexity index is 693. The molecule has 0 aliphatic heterocycles. The molecule has 1 aromatic heterocycles. The Morgan fingerprint density at radius 1 is 1.38 bits per heavy atom. The maximum atomic E-state index is 11.1. The van der Waals surface area contributed by atoms with Gasteiger partial charge < -0.3 is 10.4 Å². The third-order valence-corrected chi connectivity index (χ3v) is 4.57. The summed E-state index contributed by atoms with van der Waals surface area (Å²) in [6.07, 6.45) is 1.68. The zero-order valence-corrected chi connectivity index (χ0v) is 13.6. The van der Waals surface area contributed by atoms with Crippen molar-refractivity contribution >= 4 is 50.3 Å². The van der Waals surface area contributed by atoms with Gasteiger partial charge >= 0.3 is 5.97 Å². The number of hydrogen-bond donors (Lipinski definition) is 2. The van der Waals surface area contributed by atoms with Crippen LogP contribution in [0.15, 0.2) is 40.0 Å². The number of fused-ring (bicyclic) bond motifs is 1. The molecule has 2 N–H and O–H groups in total. The van der Waals surface area contributed by atoms with E-state index in [1.807, 2.05) is 24.3 Å². The first-order valence-electron chi connectivity index (χ1n) is 6.15. The first-order chi connectivity index (χ1) is 9.99. The molecule has 0 saturated carbocycles. The molecular weight excluding hydrogens is 356 g/mol. The number of thioether (sulfide) groups is 1. The first-order valence-corrected chi connectivity index (χ1v) is 7.93. The summed E-state index contributed by atoms with van der Waals surface area (Å²) in [7, 11) is 0. The monoisotopic (exact) mass is 368 g/mol. The van der Waals surface area contributed by atoms with E-state index in [4.69, 9.17) is 5.11 Å². The Morgan fingerprint density at radius 3 is 2.81 bits per heavy atom. The molecule has 0 aliphatic carbocycles. The van der Waals surface area contributed by atoms with Crippen molar-refractivity contribution in [2.75, 3.05) is 5.75 Å². The van der Waals surface area contributed by atoms with E-state index in [-0.39, 0.29) is 11.7 Å². The fourth-order valence-corrected chi connectivity index (χ4v) is 3.36. The van der Waals surface area contributed by atoms with Crippen molar-refractivity contribution in [3.05, 3.63) is 34.9 Å². The summed E-state index contributed by atoms with van der Waals surface area (Å²) in [4.78, 5) is 26.4. The van der Waals surface area contributed by atoms with E-state index < -0.39 is 12.0 Å². The van der Waals surface area contributed by atoms with Crippen LogP contribution in [0.25, 0.3) is 10.8 Å². The molecule has 2 aromatic rings. The number of carboxylic acids is 1. The van der Waals surface area contributed by atoms with Crippen LogP contribution >= 0.6 is 27.7 Å². The van der Waals surface area contributed by atoms with Crippen molar-refractivity contribution in [1.82, 2.24) is 10.3 Å². The maximum Gasteiger partial charge on any atom is 0.327 e. The molecule has 0 fully saturated rings. The Balaban J connectivity index is 2.22. The normalized spacial score (nSPS) is 12.1. The molecule has 5 nitrogen and oxygen atoms in total. The van der Waals surface area contributed by atoms with Gasteiger partial charge in [0.15, 0.2) is 0 Å². The zero-order valence-electron chi connectivity index (χ0n) is 11.2. The van der Waals surface area contributed by atoms with Crippen LogP contribution in [0.4, 0.5) is 0 Å². The van der Waals surface area contributed by atoms with Crippen molar-refractivity contribution in [3.63, 3.8) is 0 Å². The number of benzene rings is 1. The van der Waals surface area contributed by atoms with Gasteiger partial charge in [0.05, 0.1) is 0 Å². The summed E-state index contributed by atoms with van der Waals surface area (Å²) in [5.74, 6) is -1.20. The van der Waals surface area contributed by atoms with E-state index in [0.717, 1.165) is 20.3 Å². The molecule has 7 heteroatoms. The number of aromatic nitrogens is 1. The summed E-state index contributed by atoms with van der Waals surface area (Å²) in [5, 5.41) is 14.2. The Morgan fingerprint density at radius 2 is 2.14 bits per heavy atom. The van der Waals surface area contributed by atoms with Gasteiger partial charge in [-0.15, -0.1) is 11.8 Å². The van der Waals surface area contributed by atoms with Gasteiger partial charge in [0.25, 0.3) is 0 Å². The molecule has 1 aromatic carbocycles. The molecule has 1 amide bonds. The van der Waals surface area contributed by atoms with E-state index in [2.05, 4.69) is 26.2 Å². The quantitative estimate of drug-likeness (QED) is 0.793.